The first-order chi connectivity index (χ1) is 5.33. The van der Waals surface area contributed by atoms with Crippen LogP contribution in [0.1, 0.15) is 26.2 Å². The highest BCUT2D eigenvalue weighted by Crippen LogP contribution is 2.05. The van der Waals surface area contributed by atoms with E-state index in [1.165, 1.54) is 25.8 Å². The third-order valence-electron chi connectivity index (χ3n) is 1.99. The summed E-state index contributed by atoms with van der Waals surface area (Å²) in [5.74, 6) is 0. The Kier molecular flexibility index (Phi) is 5.51. The quantitative estimate of drug-likeness (QED) is 0.601. The number of halogens is 1. The lowest BCUT2D eigenvalue weighted by molar-refractivity contribution is 0.291. The van der Waals surface area contributed by atoms with E-state index in [2.05, 4.69) is 36.2 Å². The Balaban J connectivity index is 0.00000121. The second kappa shape index (κ2) is 5.86. The topological polar surface area (TPSA) is 6.48 Å². The molecule has 0 aromatic heterocycles. The van der Waals surface area contributed by atoms with Gasteiger partial charge in [0.25, 0.3) is 0 Å². The number of rotatable bonds is 4. The van der Waals surface area contributed by atoms with Gasteiger partial charge in [0.15, 0.2) is 0 Å². The van der Waals surface area contributed by atoms with Gasteiger partial charge >= 0.3 is 0 Å². The zero-order valence-corrected chi connectivity index (χ0v) is 7.99. The van der Waals surface area contributed by atoms with Crippen LogP contribution >= 0.6 is 0 Å². The molecule has 0 unspecified atom stereocenters. The molecule has 12 heavy (non-hydrogen) atoms. The van der Waals surface area contributed by atoms with Crippen molar-refractivity contribution in [2.24, 2.45) is 0 Å². The van der Waals surface area contributed by atoms with Gasteiger partial charge in [-0.05, 0) is 6.42 Å². The van der Waals surface area contributed by atoms with E-state index < -0.39 is 0 Å². The van der Waals surface area contributed by atoms with Gasteiger partial charge in [0, 0.05) is 26.0 Å². The van der Waals surface area contributed by atoms with Crippen LogP contribution in [0.4, 0.5) is 4.70 Å². The van der Waals surface area contributed by atoms with Gasteiger partial charge in [-0.3, -0.25) is 4.70 Å². The van der Waals surface area contributed by atoms with Crippen LogP contribution in [0.15, 0.2) is 12.4 Å². The third kappa shape index (κ3) is 3.60. The Bertz CT molecular complexity index is 136. The van der Waals surface area contributed by atoms with Gasteiger partial charge < -0.3 is 9.80 Å². The van der Waals surface area contributed by atoms with Crippen LogP contribution in [0.5, 0.6) is 0 Å². The molecule has 1 aliphatic heterocycles. The molecule has 1 heterocycles. The molecule has 1 rings (SSSR count). The average molecular weight is 174 g/mol. The van der Waals surface area contributed by atoms with E-state index in [-0.39, 0.29) is 4.70 Å². The highest BCUT2D eigenvalue weighted by molar-refractivity contribution is 4.88. The van der Waals surface area contributed by atoms with Crippen molar-refractivity contribution in [1.29, 1.82) is 0 Å². The molecule has 0 amide bonds. The minimum Gasteiger partial charge on any atom is -0.362 e. The maximum absolute atomic E-state index is 2.36. The Morgan fingerprint density at radius 2 is 2.00 bits per heavy atom. The van der Waals surface area contributed by atoms with Crippen molar-refractivity contribution in [3.8, 4) is 0 Å². The SMILES string of the molecule is CCCCCN1C=CN(C)C1.F. The van der Waals surface area contributed by atoms with Crippen LogP contribution in [0, 0.1) is 0 Å². The predicted octanol–water partition coefficient (Wildman–Crippen LogP) is 2.01. The summed E-state index contributed by atoms with van der Waals surface area (Å²) in [4.78, 5) is 4.56. The fraction of sp³-hybridized carbons (Fsp3) is 0.778. The van der Waals surface area contributed by atoms with Gasteiger partial charge in [0.2, 0.25) is 0 Å². The Morgan fingerprint density at radius 3 is 2.50 bits per heavy atom. The van der Waals surface area contributed by atoms with Crippen LogP contribution in [0.3, 0.4) is 0 Å². The van der Waals surface area contributed by atoms with Gasteiger partial charge in [-0.15, -0.1) is 0 Å². The second-order valence-electron chi connectivity index (χ2n) is 3.22. The van der Waals surface area contributed by atoms with Crippen molar-refractivity contribution in [1.82, 2.24) is 9.80 Å². The summed E-state index contributed by atoms with van der Waals surface area (Å²) in [6.07, 6.45) is 8.30. The van der Waals surface area contributed by atoms with Crippen LogP contribution in [-0.4, -0.2) is 30.1 Å². The van der Waals surface area contributed by atoms with Crippen LogP contribution in [0.25, 0.3) is 0 Å². The van der Waals surface area contributed by atoms with Crippen molar-refractivity contribution in [2.75, 3.05) is 20.3 Å². The summed E-state index contributed by atoms with van der Waals surface area (Å²) >= 11 is 0. The molecule has 0 aromatic rings. The molecule has 3 heteroatoms. The molecule has 0 N–H and O–H groups in total. The summed E-state index contributed by atoms with van der Waals surface area (Å²) in [5.41, 5.74) is 0. The van der Waals surface area contributed by atoms with E-state index in [4.69, 9.17) is 0 Å². The van der Waals surface area contributed by atoms with E-state index in [0.29, 0.717) is 0 Å². The van der Waals surface area contributed by atoms with Gasteiger partial charge in [0.05, 0.1) is 6.67 Å². The third-order valence-corrected chi connectivity index (χ3v) is 1.99. The Morgan fingerprint density at radius 1 is 1.25 bits per heavy atom. The lowest BCUT2D eigenvalue weighted by atomic mass is 10.2. The fourth-order valence-electron chi connectivity index (χ4n) is 1.30. The van der Waals surface area contributed by atoms with Gasteiger partial charge in [-0.2, -0.15) is 0 Å². The normalized spacial score (nSPS) is 15.2. The van der Waals surface area contributed by atoms with Gasteiger partial charge in [0.1, 0.15) is 0 Å². The average Bonchev–Trinajstić information content (AvgIpc) is 2.37. The number of unbranched alkanes of at least 4 members (excludes halogenated alkanes) is 2. The maximum Gasteiger partial charge on any atom is 0.0890 e. The lowest BCUT2D eigenvalue weighted by Gasteiger charge is -2.17. The van der Waals surface area contributed by atoms with Gasteiger partial charge in [-0.25, -0.2) is 0 Å². The lowest BCUT2D eigenvalue weighted by Crippen LogP contribution is -2.23. The standard InChI is InChI=1S/C9H18N2.FH/c1-3-4-5-6-11-8-7-10(2)9-11;/h7-8H,3-6,9H2,1-2H3;1H. The van der Waals surface area contributed by atoms with Gasteiger partial charge in [-0.1, -0.05) is 19.8 Å². The molecule has 0 saturated heterocycles. The maximum atomic E-state index is 2.36. The van der Waals surface area contributed by atoms with E-state index >= 15 is 0 Å². The first-order valence-corrected chi connectivity index (χ1v) is 4.45. The molecule has 72 valence electrons. The van der Waals surface area contributed by atoms with Crippen molar-refractivity contribution < 1.29 is 4.70 Å². The molecule has 0 spiro atoms. The number of hydrogen-bond donors (Lipinski definition) is 0. The first kappa shape index (κ1) is 11.3. The van der Waals surface area contributed by atoms with Crippen LogP contribution in [0.2, 0.25) is 0 Å². The number of nitrogens with zero attached hydrogens (tertiary/aromatic N) is 2. The van der Waals surface area contributed by atoms with Crippen molar-refractivity contribution in [3.05, 3.63) is 12.4 Å². The molecular formula is C9H19FN2. The van der Waals surface area contributed by atoms with Crippen LogP contribution < -0.4 is 0 Å². The van der Waals surface area contributed by atoms with Crippen molar-refractivity contribution in [2.45, 2.75) is 26.2 Å². The molecule has 1 aliphatic rings. The molecule has 0 radical (unpaired) electrons. The first-order valence-electron chi connectivity index (χ1n) is 4.45. The molecule has 0 aromatic carbocycles. The molecule has 0 atom stereocenters. The summed E-state index contributed by atoms with van der Waals surface area (Å²) in [6.45, 7) is 4.53. The molecular weight excluding hydrogens is 155 g/mol. The van der Waals surface area contributed by atoms with E-state index in [1.54, 1.807) is 0 Å². The Labute approximate surface area is 74.2 Å². The highest BCUT2D eigenvalue weighted by Gasteiger charge is 2.06. The van der Waals surface area contributed by atoms with Crippen LogP contribution in [-0.2, 0) is 0 Å². The summed E-state index contributed by atoms with van der Waals surface area (Å²) < 4.78 is 0. The van der Waals surface area contributed by atoms with Crippen molar-refractivity contribution >= 4 is 0 Å². The van der Waals surface area contributed by atoms with E-state index in [0.717, 1.165) is 6.67 Å². The molecule has 0 aliphatic carbocycles. The van der Waals surface area contributed by atoms with E-state index in [9.17, 15) is 0 Å². The zero-order valence-electron chi connectivity index (χ0n) is 7.99. The smallest absolute Gasteiger partial charge is 0.0890 e. The fourth-order valence-corrected chi connectivity index (χ4v) is 1.30. The minimum absolute atomic E-state index is 0. The second-order valence-corrected chi connectivity index (χ2v) is 3.22. The van der Waals surface area contributed by atoms with E-state index in [1.807, 2.05) is 0 Å². The summed E-state index contributed by atoms with van der Waals surface area (Å²) in [5, 5.41) is 0. The zero-order chi connectivity index (χ0) is 8.10. The highest BCUT2D eigenvalue weighted by atomic mass is 19.0. The van der Waals surface area contributed by atoms with Crippen molar-refractivity contribution in [3.63, 3.8) is 0 Å². The molecule has 0 fully saturated rings. The summed E-state index contributed by atoms with van der Waals surface area (Å²) in [7, 11) is 2.11. The minimum atomic E-state index is 0. The monoisotopic (exact) mass is 174 g/mol. The predicted molar refractivity (Wildman–Crippen MR) is 50.5 cm³/mol. The largest absolute Gasteiger partial charge is 0.362 e. The molecule has 0 bridgehead atoms. The number of hydrogen-bond acceptors (Lipinski definition) is 2. The Hall–Kier alpha value is -0.730. The molecule has 2 nitrogen and oxygen atoms in total. The summed E-state index contributed by atoms with van der Waals surface area (Å²) in [6, 6.07) is 0. The molecule has 0 saturated carbocycles.